The minimum Gasteiger partial charge on any atom is -0.545 e. The zero-order chi connectivity index (χ0) is 27.2. The van der Waals surface area contributed by atoms with Gasteiger partial charge in [0.25, 0.3) is 0 Å². The van der Waals surface area contributed by atoms with Crippen molar-refractivity contribution < 1.29 is 49.0 Å². The summed E-state index contributed by atoms with van der Waals surface area (Å²) in [5.74, 6) is -1.12. The Balaban J connectivity index is 0.00000370. The third kappa shape index (κ3) is 7.08. The van der Waals surface area contributed by atoms with E-state index in [4.69, 9.17) is 4.74 Å². The van der Waals surface area contributed by atoms with Gasteiger partial charge in [-0.3, -0.25) is 4.79 Å². The number of ether oxygens (including phenoxy) is 1. The van der Waals surface area contributed by atoms with E-state index in [2.05, 4.69) is 8.75 Å². The molecule has 0 spiro atoms. The number of nitrogens with zero attached hydrogens (tertiary/aromatic N) is 2. The Morgan fingerprint density at radius 2 is 1.50 bits per heavy atom. The van der Waals surface area contributed by atoms with Gasteiger partial charge in [-0.1, -0.05) is 48.5 Å². The molecule has 6 nitrogen and oxygen atoms in total. The molecule has 0 N–H and O–H groups in total. The van der Waals surface area contributed by atoms with Gasteiger partial charge in [-0.2, -0.15) is 8.75 Å². The van der Waals surface area contributed by atoms with Crippen LogP contribution in [0, 0.1) is 0 Å². The van der Waals surface area contributed by atoms with E-state index >= 15 is 0 Å². The molecule has 0 saturated carbocycles. The Hall–Kier alpha value is -3.27. The summed E-state index contributed by atoms with van der Waals surface area (Å²) >= 11 is 2.61. The van der Waals surface area contributed by atoms with Crippen LogP contribution in [0.25, 0.3) is 16.6 Å². The molecule has 194 valence electrons. The van der Waals surface area contributed by atoms with Gasteiger partial charge >= 0.3 is 29.6 Å². The number of aromatic nitrogens is 2. The number of carbonyl (C=O) groups excluding carboxylic acids is 2. The molecule has 4 aromatic carbocycles. The van der Waals surface area contributed by atoms with E-state index in [-0.39, 0.29) is 52.9 Å². The fourth-order valence-corrected chi connectivity index (χ4v) is 5.13. The third-order valence-electron chi connectivity index (χ3n) is 6.23. The van der Waals surface area contributed by atoms with E-state index in [1.165, 1.54) is 0 Å². The van der Waals surface area contributed by atoms with Gasteiger partial charge in [-0.05, 0) is 71.5 Å². The monoisotopic (exact) mass is 574 g/mol. The van der Waals surface area contributed by atoms with Crippen LogP contribution >= 0.6 is 23.5 Å². The van der Waals surface area contributed by atoms with E-state index in [0.717, 1.165) is 27.8 Å². The van der Waals surface area contributed by atoms with Crippen LogP contribution in [0.1, 0.15) is 27.0 Å². The zero-order valence-electron chi connectivity index (χ0n) is 22.0. The molecule has 5 rings (SSSR count). The molecule has 9 heteroatoms. The van der Waals surface area contributed by atoms with E-state index < -0.39 is 5.97 Å². The Kier molecular flexibility index (Phi) is 10.3. The number of hydrogen-bond donors (Lipinski definition) is 0. The molecule has 0 atom stereocenters. The smallest absolute Gasteiger partial charge is 0.545 e. The minimum atomic E-state index is -1.43. The van der Waals surface area contributed by atoms with Crippen LogP contribution < -0.4 is 39.4 Å². The molecule has 5 aromatic rings. The summed E-state index contributed by atoms with van der Waals surface area (Å²) in [6, 6.07) is 29.3. The van der Waals surface area contributed by atoms with Crippen LogP contribution in [0.15, 0.2) is 108 Å². The van der Waals surface area contributed by atoms with Crippen molar-refractivity contribution >= 4 is 51.8 Å². The molecule has 0 bridgehead atoms. The summed E-state index contributed by atoms with van der Waals surface area (Å²) in [5.41, 5.74) is 3.76. The van der Waals surface area contributed by atoms with Gasteiger partial charge in [0.05, 0.1) is 17.7 Å². The SMILES string of the molecule is CSc1ccc(C(=O)/C(Cc2ccc(OCc3ccccc3)cc2)=C(/C(=O)[O-])c2ccc3nsnc3c2)cc1.[Na+]. The number of Topliss-reactive ketones (excluding diaryl/α,β-unsaturated/α-hetero) is 1. The number of benzene rings is 4. The van der Waals surface area contributed by atoms with Gasteiger partial charge in [0.2, 0.25) is 0 Å². The zero-order valence-corrected chi connectivity index (χ0v) is 25.6. The summed E-state index contributed by atoms with van der Waals surface area (Å²) in [7, 11) is 0. The van der Waals surface area contributed by atoms with Crippen molar-refractivity contribution in [1.82, 2.24) is 8.75 Å². The summed E-state index contributed by atoms with van der Waals surface area (Å²) in [4.78, 5) is 27.3. The number of thioether (sulfide) groups is 1. The second-order valence-electron chi connectivity index (χ2n) is 8.76. The normalized spacial score (nSPS) is 11.4. The molecule has 0 aliphatic heterocycles. The van der Waals surface area contributed by atoms with Gasteiger partial charge in [0.15, 0.2) is 5.78 Å². The van der Waals surface area contributed by atoms with Crippen molar-refractivity contribution in [1.29, 1.82) is 0 Å². The van der Waals surface area contributed by atoms with Crippen molar-refractivity contribution in [3.8, 4) is 5.75 Å². The van der Waals surface area contributed by atoms with Crippen LogP contribution in [-0.4, -0.2) is 26.8 Å². The summed E-state index contributed by atoms with van der Waals surface area (Å²) in [6.07, 6.45) is 2.05. The van der Waals surface area contributed by atoms with Gasteiger partial charge in [0.1, 0.15) is 23.4 Å². The first-order chi connectivity index (χ1) is 19.0. The van der Waals surface area contributed by atoms with E-state index in [0.29, 0.717) is 34.5 Å². The maximum absolute atomic E-state index is 13.8. The average molecular weight is 575 g/mol. The van der Waals surface area contributed by atoms with Crippen LogP contribution in [0.5, 0.6) is 5.75 Å². The number of rotatable bonds is 10. The Bertz CT molecular complexity index is 1650. The topological polar surface area (TPSA) is 92.2 Å². The molecule has 40 heavy (non-hydrogen) atoms. The van der Waals surface area contributed by atoms with E-state index in [1.807, 2.05) is 73.0 Å². The molecule has 0 fully saturated rings. The number of hydrogen-bond acceptors (Lipinski definition) is 8. The van der Waals surface area contributed by atoms with Crippen molar-refractivity contribution in [2.45, 2.75) is 17.9 Å². The Morgan fingerprint density at radius 1 is 0.825 bits per heavy atom. The largest absolute Gasteiger partial charge is 1.00 e. The molecule has 1 aromatic heterocycles. The van der Waals surface area contributed by atoms with Crippen molar-refractivity contribution in [3.05, 3.63) is 125 Å². The van der Waals surface area contributed by atoms with E-state index in [9.17, 15) is 14.7 Å². The number of allylic oxidation sites excluding steroid dienone is 1. The standard InChI is InChI=1S/C31H24N2O4S2.Na/c1-38-25-14-9-22(10-15-25)30(34)26(29(31(35)36)23-11-16-27-28(18-23)33-39-32-27)17-20-7-12-24(13-8-20)37-19-21-5-3-2-4-6-21;/h2-16,18H,17,19H2,1H3,(H,35,36);/q;+1/p-1/b29-26+;. The number of carbonyl (C=O) groups is 2. The molecule has 0 unspecified atom stereocenters. The molecule has 0 amide bonds. The predicted molar refractivity (Wildman–Crippen MR) is 153 cm³/mol. The molecule has 0 aliphatic carbocycles. The molecular formula is C31H23N2NaO4S2. The van der Waals surface area contributed by atoms with E-state index in [1.54, 1.807) is 42.1 Å². The van der Waals surface area contributed by atoms with Crippen LogP contribution in [-0.2, 0) is 17.8 Å². The van der Waals surface area contributed by atoms with Gasteiger partial charge in [-0.25, -0.2) is 0 Å². The average Bonchev–Trinajstić information content (AvgIpc) is 3.45. The molecule has 0 aliphatic rings. The van der Waals surface area contributed by atoms with Crippen LogP contribution in [0.3, 0.4) is 0 Å². The second-order valence-corrected chi connectivity index (χ2v) is 10.2. The molecular weight excluding hydrogens is 551 g/mol. The van der Waals surface area contributed by atoms with Crippen molar-refractivity contribution in [3.63, 3.8) is 0 Å². The van der Waals surface area contributed by atoms with Gasteiger partial charge < -0.3 is 14.6 Å². The predicted octanol–water partition coefficient (Wildman–Crippen LogP) is 2.63. The van der Waals surface area contributed by atoms with Crippen LogP contribution in [0.2, 0.25) is 0 Å². The first-order valence-corrected chi connectivity index (χ1v) is 14.1. The molecule has 0 saturated heterocycles. The summed E-state index contributed by atoms with van der Waals surface area (Å²) < 4.78 is 14.3. The number of ketones is 1. The van der Waals surface area contributed by atoms with Gasteiger partial charge in [0, 0.05) is 28.0 Å². The van der Waals surface area contributed by atoms with Crippen molar-refractivity contribution in [2.75, 3.05) is 6.26 Å². The number of fused-ring (bicyclic) bond motifs is 1. The maximum atomic E-state index is 13.8. The fourth-order valence-electron chi connectivity index (χ4n) is 4.20. The van der Waals surface area contributed by atoms with Crippen molar-refractivity contribution in [2.24, 2.45) is 0 Å². The first-order valence-electron chi connectivity index (χ1n) is 12.1. The second kappa shape index (κ2) is 13.9. The third-order valence-corrected chi connectivity index (χ3v) is 7.53. The minimum absolute atomic E-state index is 0. The number of carboxylic acids is 1. The summed E-state index contributed by atoms with van der Waals surface area (Å²) in [5, 5.41) is 12.5. The Morgan fingerprint density at radius 3 is 2.17 bits per heavy atom. The number of carboxylic acid groups (broad SMARTS) is 1. The number of aliphatic carboxylic acids is 1. The summed E-state index contributed by atoms with van der Waals surface area (Å²) in [6.45, 7) is 0.429. The first kappa shape index (κ1) is 29.7. The van der Waals surface area contributed by atoms with Gasteiger partial charge in [-0.15, -0.1) is 11.8 Å². The molecule has 1 heterocycles. The van der Waals surface area contributed by atoms with Crippen LogP contribution in [0.4, 0.5) is 0 Å². The fraction of sp³-hybridized carbons (Fsp3) is 0.0968. The Labute approximate surface area is 262 Å². The molecule has 0 radical (unpaired) electrons. The maximum Gasteiger partial charge on any atom is 1.00 e. The quantitative estimate of drug-likeness (QED) is 0.110.